The molecule has 0 saturated carbocycles. The number of nitrogens with one attached hydrogen (secondary N) is 2. The Hall–Kier alpha value is -4.13. The van der Waals surface area contributed by atoms with Gasteiger partial charge in [-0.3, -0.25) is 14.6 Å². The van der Waals surface area contributed by atoms with Crippen LogP contribution >= 0.6 is 0 Å². The zero-order valence-electron chi connectivity index (χ0n) is 17.0. The van der Waals surface area contributed by atoms with Crippen LogP contribution in [0.5, 0.6) is 11.5 Å². The van der Waals surface area contributed by atoms with Crippen LogP contribution in [-0.2, 0) is 11.3 Å². The Balaban J connectivity index is 1.63. The lowest BCUT2D eigenvalue weighted by molar-refractivity contribution is -0.121. The summed E-state index contributed by atoms with van der Waals surface area (Å²) >= 11 is 0. The molecule has 7 nitrogen and oxygen atoms in total. The average molecular weight is 414 g/mol. The highest BCUT2D eigenvalue weighted by Gasteiger charge is 2.23. The van der Waals surface area contributed by atoms with Crippen molar-refractivity contribution >= 4 is 22.7 Å². The molecule has 2 amide bonds. The van der Waals surface area contributed by atoms with Gasteiger partial charge in [0.1, 0.15) is 12.3 Å². The molecular formula is C24H22N4O3. The van der Waals surface area contributed by atoms with Crippen molar-refractivity contribution in [2.75, 3.05) is 13.6 Å². The molecule has 2 heterocycles. The van der Waals surface area contributed by atoms with E-state index in [2.05, 4.69) is 15.3 Å². The molecule has 31 heavy (non-hydrogen) atoms. The molecule has 156 valence electrons. The number of likely N-dealkylation sites (N-methyl/N-ethyl adjacent to an activating group) is 1. The van der Waals surface area contributed by atoms with Crippen LogP contribution < -0.4 is 10.1 Å². The first-order chi connectivity index (χ1) is 15.1. The van der Waals surface area contributed by atoms with Crippen LogP contribution in [0.25, 0.3) is 10.9 Å². The molecule has 0 unspecified atom stereocenters. The van der Waals surface area contributed by atoms with Gasteiger partial charge in [-0.25, -0.2) is 0 Å². The zero-order valence-corrected chi connectivity index (χ0v) is 17.0. The van der Waals surface area contributed by atoms with E-state index in [9.17, 15) is 9.59 Å². The van der Waals surface area contributed by atoms with Crippen molar-refractivity contribution in [3.05, 3.63) is 90.4 Å². The lowest BCUT2D eigenvalue weighted by Gasteiger charge is -2.22. The lowest BCUT2D eigenvalue weighted by Crippen LogP contribution is -2.39. The maximum atomic E-state index is 13.5. The Kier molecular flexibility index (Phi) is 5.93. The Bertz CT molecular complexity index is 1170. The van der Waals surface area contributed by atoms with Crippen LogP contribution in [0.15, 0.2) is 79.1 Å². The second-order valence-corrected chi connectivity index (χ2v) is 7.00. The number of carbonyl (C=O) groups is 2. The summed E-state index contributed by atoms with van der Waals surface area (Å²) in [7, 11) is 1.55. The highest BCUT2D eigenvalue weighted by molar-refractivity contribution is 5.98. The van der Waals surface area contributed by atoms with E-state index in [1.807, 2.05) is 48.5 Å². The lowest BCUT2D eigenvalue weighted by atomic mass is 10.2. The fourth-order valence-corrected chi connectivity index (χ4v) is 3.30. The zero-order chi connectivity index (χ0) is 21.6. The number of aromatic amines is 1. The van der Waals surface area contributed by atoms with Crippen molar-refractivity contribution in [1.82, 2.24) is 20.2 Å². The van der Waals surface area contributed by atoms with E-state index in [1.165, 1.54) is 17.3 Å². The van der Waals surface area contributed by atoms with Gasteiger partial charge in [0.2, 0.25) is 5.91 Å². The van der Waals surface area contributed by atoms with Gasteiger partial charge in [0, 0.05) is 24.5 Å². The van der Waals surface area contributed by atoms with E-state index in [4.69, 9.17) is 4.74 Å². The topological polar surface area (TPSA) is 87.3 Å². The molecule has 2 aromatic heterocycles. The molecule has 0 atom stereocenters. The Labute approximate surface area is 179 Å². The summed E-state index contributed by atoms with van der Waals surface area (Å²) in [6.45, 7) is 0.159. The molecule has 0 radical (unpaired) electrons. The van der Waals surface area contributed by atoms with E-state index >= 15 is 0 Å². The first kappa shape index (κ1) is 20.2. The van der Waals surface area contributed by atoms with E-state index in [0.717, 1.165) is 16.6 Å². The number of carbonyl (C=O) groups excluding carboxylic acids is 2. The summed E-state index contributed by atoms with van der Waals surface area (Å²) in [4.78, 5) is 34.5. The molecule has 2 N–H and O–H groups in total. The summed E-state index contributed by atoms with van der Waals surface area (Å²) in [5, 5.41) is 3.63. The van der Waals surface area contributed by atoms with Gasteiger partial charge in [-0.1, -0.05) is 36.4 Å². The normalized spacial score (nSPS) is 10.6. The van der Waals surface area contributed by atoms with Crippen molar-refractivity contribution in [1.29, 1.82) is 0 Å². The van der Waals surface area contributed by atoms with Crippen molar-refractivity contribution < 1.29 is 14.3 Å². The number of ether oxygens (including phenoxy) is 1. The number of para-hydroxylation sites is 2. The van der Waals surface area contributed by atoms with Gasteiger partial charge in [-0.15, -0.1) is 0 Å². The van der Waals surface area contributed by atoms with Gasteiger partial charge in [0.15, 0.2) is 5.75 Å². The predicted octanol–water partition coefficient (Wildman–Crippen LogP) is 3.74. The number of rotatable bonds is 7. The maximum absolute atomic E-state index is 13.5. The Morgan fingerprint density at radius 1 is 1.06 bits per heavy atom. The van der Waals surface area contributed by atoms with Crippen LogP contribution in [0.2, 0.25) is 0 Å². The van der Waals surface area contributed by atoms with E-state index < -0.39 is 0 Å². The summed E-state index contributed by atoms with van der Waals surface area (Å²) < 4.78 is 5.89. The first-order valence-electron chi connectivity index (χ1n) is 9.87. The van der Waals surface area contributed by atoms with Gasteiger partial charge in [-0.2, -0.15) is 0 Å². The van der Waals surface area contributed by atoms with Crippen LogP contribution in [0.4, 0.5) is 0 Å². The summed E-state index contributed by atoms with van der Waals surface area (Å²) in [5.41, 5.74) is 2.14. The van der Waals surface area contributed by atoms with Crippen LogP contribution in [0.3, 0.4) is 0 Å². The van der Waals surface area contributed by atoms with E-state index in [-0.39, 0.29) is 24.9 Å². The summed E-state index contributed by atoms with van der Waals surface area (Å²) in [5.74, 6) is 0.343. The molecule has 4 rings (SSSR count). The molecule has 2 aromatic carbocycles. The number of hydrogen-bond acceptors (Lipinski definition) is 4. The number of benzene rings is 2. The van der Waals surface area contributed by atoms with Gasteiger partial charge < -0.3 is 19.9 Å². The number of aromatic nitrogens is 2. The van der Waals surface area contributed by atoms with Crippen LogP contribution in [-0.4, -0.2) is 40.3 Å². The smallest absolute Gasteiger partial charge is 0.258 e. The molecule has 0 aliphatic heterocycles. The van der Waals surface area contributed by atoms with Crippen molar-refractivity contribution in [2.45, 2.75) is 6.54 Å². The number of pyridine rings is 1. The fraction of sp³-hybridized carbons (Fsp3) is 0.125. The molecule has 0 bridgehead atoms. The molecule has 0 aliphatic carbocycles. The third kappa shape index (κ3) is 4.72. The predicted molar refractivity (Wildman–Crippen MR) is 118 cm³/mol. The molecular weight excluding hydrogens is 392 g/mol. The minimum absolute atomic E-state index is 0.0855. The Morgan fingerprint density at radius 2 is 1.84 bits per heavy atom. The van der Waals surface area contributed by atoms with E-state index in [0.29, 0.717) is 17.1 Å². The largest absolute Gasteiger partial charge is 0.455 e. The van der Waals surface area contributed by atoms with E-state index in [1.54, 1.807) is 25.2 Å². The number of amides is 2. The highest BCUT2D eigenvalue weighted by Crippen LogP contribution is 2.26. The SMILES string of the molecule is CNC(=O)CN(Cc1cc2ccccc2[nH]1)C(=O)c1ccncc1Oc1ccccc1. The standard InChI is InChI=1S/C24H22N4O3/c1-25-23(29)16-28(15-18-13-17-7-5-6-10-21(17)27-18)24(30)20-11-12-26-14-22(20)31-19-8-3-2-4-9-19/h2-14,27H,15-16H2,1H3,(H,25,29). The average Bonchev–Trinajstić information content (AvgIpc) is 3.21. The molecule has 4 aromatic rings. The molecule has 0 spiro atoms. The molecule has 0 fully saturated rings. The van der Waals surface area contributed by atoms with Gasteiger partial charge in [0.05, 0.1) is 18.3 Å². The number of nitrogens with zero attached hydrogens (tertiary/aromatic N) is 2. The van der Waals surface area contributed by atoms with Crippen LogP contribution in [0.1, 0.15) is 16.1 Å². The molecule has 7 heteroatoms. The number of H-pyrrole nitrogens is 1. The number of hydrogen-bond donors (Lipinski definition) is 2. The summed E-state index contributed by atoms with van der Waals surface area (Å²) in [6, 6.07) is 20.6. The molecule has 0 aliphatic rings. The third-order valence-corrected chi connectivity index (χ3v) is 4.83. The second-order valence-electron chi connectivity index (χ2n) is 7.00. The number of fused-ring (bicyclic) bond motifs is 1. The van der Waals surface area contributed by atoms with Gasteiger partial charge in [0.25, 0.3) is 5.91 Å². The van der Waals surface area contributed by atoms with Crippen molar-refractivity contribution in [3.63, 3.8) is 0 Å². The first-order valence-corrected chi connectivity index (χ1v) is 9.87. The molecule has 0 saturated heterocycles. The minimum Gasteiger partial charge on any atom is -0.455 e. The Morgan fingerprint density at radius 3 is 2.61 bits per heavy atom. The van der Waals surface area contributed by atoms with Gasteiger partial charge in [-0.05, 0) is 35.7 Å². The van der Waals surface area contributed by atoms with Crippen LogP contribution in [0, 0.1) is 0 Å². The van der Waals surface area contributed by atoms with Gasteiger partial charge >= 0.3 is 0 Å². The maximum Gasteiger partial charge on any atom is 0.258 e. The highest BCUT2D eigenvalue weighted by atomic mass is 16.5. The summed E-state index contributed by atoms with van der Waals surface area (Å²) in [6.07, 6.45) is 3.04. The third-order valence-electron chi connectivity index (χ3n) is 4.83. The van der Waals surface area contributed by atoms with Crippen molar-refractivity contribution in [3.8, 4) is 11.5 Å². The fourth-order valence-electron chi connectivity index (χ4n) is 3.30. The quantitative estimate of drug-likeness (QED) is 0.482. The monoisotopic (exact) mass is 414 g/mol. The van der Waals surface area contributed by atoms with Crippen molar-refractivity contribution in [2.24, 2.45) is 0 Å². The second kappa shape index (κ2) is 9.13. The minimum atomic E-state index is -0.324.